The molecule has 2 N–H and O–H groups in total. The van der Waals surface area contributed by atoms with Crippen molar-refractivity contribution in [2.75, 3.05) is 13.1 Å². The number of likely N-dealkylation sites (tertiary alicyclic amines) is 1. The van der Waals surface area contributed by atoms with Gasteiger partial charge in [-0.05, 0) is 59.5 Å². The van der Waals surface area contributed by atoms with Crippen LogP contribution in [0, 0.1) is 17.0 Å². The van der Waals surface area contributed by atoms with Gasteiger partial charge >= 0.3 is 6.18 Å². The molecule has 0 aliphatic carbocycles. The van der Waals surface area contributed by atoms with Crippen LogP contribution < -0.4 is 5.32 Å². The average molecular weight is 528 g/mol. The van der Waals surface area contributed by atoms with E-state index < -0.39 is 46.3 Å². The first-order valence-electron chi connectivity index (χ1n) is 11.7. The van der Waals surface area contributed by atoms with E-state index in [4.69, 9.17) is 5.41 Å². The molecule has 0 spiro atoms. The second-order valence-corrected chi connectivity index (χ2v) is 9.15. The molecule has 3 aromatic rings. The Morgan fingerprint density at radius 1 is 0.921 bits per heavy atom. The third-order valence-corrected chi connectivity index (χ3v) is 6.80. The molecule has 5 rings (SSSR count). The number of carbonyl (C=O) groups is 2. The minimum atomic E-state index is -4.76. The zero-order valence-electron chi connectivity index (χ0n) is 19.8. The minimum absolute atomic E-state index is 0.204. The Bertz CT molecular complexity index is 1370. The number of carbonyl (C=O) groups excluding carboxylic acids is 2. The first kappa shape index (κ1) is 25.4. The maximum Gasteiger partial charge on any atom is 0.417 e. The number of hydrogen-bond donors (Lipinski definition) is 2. The molecule has 11 heteroatoms. The lowest BCUT2D eigenvalue weighted by Gasteiger charge is -2.32. The van der Waals surface area contributed by atoms with Crippen molar-refractivity contribution in [3.05, 3.63) is 106 Å². The first-order chi connectivity index (χ1) is 18.0. The SMILES string of the molecule is N=C1NC(c2ccc(F)cc2)(c2ccc(F)cc2)C(=O)N1Cc1ccc(C(F)(F)F)c(C(=O)N2CCC2)c1. The molecular weight excluding hydrogens is 507 g/mol. The van der Waals surface area contributed by atoms with Crippen molar-refractivity contribution < 1.29 is 31.5 Å². The van der Waals surface area contributed by atoms with E-state index in [0.717, 1.165) is 47.4 Å². The molecule has 6 nitrogen and oxygen atoms in total. The van der Waals surface area contributed by atoms with E-state index in [0.29, 0.717) is 19.5 Å². The first-order valence-corrected chi connectivity index (χ1v) is 11.7. The molecule has 2 aliphatic rings. The maximum atomic E-state index is 13.9. The monoisotopic (exact) mass is 528 g/mol. The van der Waals surface area contributed by atoms with E-state index in [1.165, 1.54) is 29.2 Å². The highest BCUT2D eigenvalue weighted by molar-refractivity contribution is 6.10. The van der Waals surface area contributed by atoms with Crippen LogP contribution in [0.5, 0.6) is 0 Å². The predicted octanol–water partition coefficient (Wildman–Crippen LogP) is 4.64. The Balaban J connectivity index is 1.54. The second kappa shape index (κ2) is 9.23. The van der Waals surface area contributed by atoms with Crippen LogP contribution >= 0.6 is 0 Å². The fourth-order valence-corrected chi connectivity index (χ4v) is 4.70. The van der Waals surface area contributed by atoms with Gasteiger partial charge in [0.25, 0.3) is 11.8 Å². The minimum Gasteiger partial charge on any atom is -0.339 e. The molecule has 2 saturated heterocycles. The number of guanidine groups is 1. The third-order valence-electron chi connectivity index (χ3n) is 6.80. The Kier molecular flexibility index (Phi) is 6.16. The van der Waals surface area contributed by atoms with Crippen molar-refractivity contribution in [2.24, 2.45) is 0 Å². The molecule has 0 bridgehead atoms. The van der Waals surface area contributed by atoms with Gasteiger partial charge < -0.3 is 10.2 Å². The van der Waals surface area contributed by atoms with E-state index in [2.05, 4.69) is 5.32 Å². The van der Waals surface area contributed by atoms with Gasteiger partial charge in [0.2, 0.25) is 0 Å². The van der Waals surface area contributed by atoms with Crippen molar-refractivity contribution in [1.29, 1.82) is 5.41 Å². The Labute approximate surface area is 214 Å². The molecule has 0 saturated carbocycles. The summed E-state index contributed by atoms with van der Waals surface area (Å²) in [5.41, 5.74) is -2.54. The Morgan fingerprint density at radius 2 is 1.47 bits per heavy atom. The van der Waals surface area contributed by atoms with Gasteiger partial charge in [0, 0.05) is 13.1 Å². The van der Waals surface area contributed by atoms with Gasteiger partial charge in [-0.15, -0.1) is 0 Å². The lowest BCUT2D eigenvalue weighted by molar-refractivity contribution is -0.138. The molecule has 3 aromatic carbocycles. The van der Waals surface area contributed by atoms with Crippen molar-refractivity contribution in [1.82, 2.24) is 15.1 Å². The summed E-state index contributed by atoms with van der Waals surface area (Å²) in [4.78, 5) is 29.0. The largest absolute Gasteiger partial charge is 0.417 e. The Hall–Kier alpha value is -4.28. The molecule has 2 aliphatic heterocycles. The summed E-state index contributed by atoms with van der Waals surface area (Å²) < 4.78 is 68.3. The van der Waals surface area contributed by atoms with Gasteiger partial charge in [0.05, 0.1) is 17.7 Å². The summed E-state index contributed by atoms with van der Waals surface area (Å²) >= 11 is 0. The lowest BCUT2D eigenvalue weighted by Crippen LogP contribution is -2.45. The molecular formula is C27H21F5N4O2. The summed E-state index contributed by atoms with van der Waals surface area (Å²) in [6.07, 6.45) is -4.06. The normalized spacial score (nSPS) is 16.9. The standard InChI is InChI=1S/C27H21F5N4O2/c28-19-7-3-17(4-8-19)26(18-5-9-20(29)10-6-18)24(38)36(25(33)34-26)15-16-2-11-22(27(30,31)32)21(14-16)23(37)35-12-1-13-35/h2-11,14H,1,12-13,15H2,(H2,33,34). The van der Waals surface area contributed by atoms with E-state index >= 15 is 0 Å². The Morgan fingerprint density at radius 3 is 1.95 bits per heavy atom. The van der Waals surface area contributed by atoms with Gasteiger partial charge in [0.15, 0.2) is 11.5 Å². The lowest BCUT2D eigenvalue weighted by atomic mass is 9.82. The number of amides is 2. The summed E-state index contributed by atoms with van der Waals surface area (Å²) in [7, 11) is 0. The van der Waals surface area contributed by atoms with Gasteiger partial charge in [-0.1, -0.05) is 30.3 Å². The van der Waals surface area contributed by atoms with Crippen LogP contribution in [-0.2, 0) is 23.1 Å². The van der Waals surface area contributed by atoms with Crippen LogP contribution in [-0.4, -0.2) is 40.7 Å². The topological polar surface area (TPSA) is 76.5 Å². The summed E-state index contributed by atoms with van der Waals surface area (Å²) in [5, 5.41) is 11.3. The molecule has 196 valence electrons. The second-order valence-electron chi connectivity index (χ2n) is 9.15. The molecule has 0 unspecified atom stereocenters. The van der Waals surface area contributed by atoms with E-state index in [-0.39, 0.29) is 29.2 Å². The van der Waals surface area contributed by atoms with Crippen molar-refractivity contribution >= 4 is 17.8 Å². The highest BCUT2D eigenvalue weighted by Gasteiger charge is 2.52. The number of hydrogen-bond acceptors (Lipinski definition) is 3. The quantitative estimate of drug-likeness (QED) is 0.474. The van der Waals surface area contributed by atoms with E-state index in [1.807, 2.05) is 0 Å². The molecule has 0 atom stereocenters. The summed E-state index contributed by atoms with van der Waals surface area (Å²) in [6.45, 7) is 0.405. The fraction of sp³-hybridized carbons (Fsp3) is 0.222. The highest BCUT2D eigenvalue weighted by Crippen LogP contribution is 2.38. The third kappa shape index (κ3) is 4.27. The number of rotatable bonds is 5. The van der Waals surface area contributed by atoms with E-state index in [1.54, 1.807) is 0 Å². The zero-order chi connectivity index (χ0) is 27.2. The summed E-state index contributed by atoms with van der Waals surface area (Å²) in [5.74, 6) is -2.89. The number of nitrogens with one attached hydrogen (secondary N) is 2. The number of benzene rings is 3. The number of nitrogens with zero attached hydrogens (tertiary/aromatic N) is 2. The summed E-state index contributed by atoms with van der Waals surface area (Å²) in [6, 6.07) is 13.1. The molecule has 38 heavy (non-hydrogen) atoms. The predicted molar refractivity (Wildman–Crippen MR) is 127 cm³/mol. The van der Waals surface area contributed by atoms with Crippen LogP contribution in [0.3, 0.4) is 0 Å². The van der Waals surface area contributed by atoms with Crippen molar-refractivity contribution in [3.63, 3.8) is 0 Å². The van der Waals surface area contributed by atoms with Crippen LogP contribution in [0.25, 0.3) is 0 Å². The van der Waals surface area contributed by atoms with E-state index in [9.17, 15) is 31.5 Å². The molecule has 0 aromatic heterocycles. The van der Waals surface area contributed by atoms with Crippen LogP contribution in [0.15, 0.2) is 66.7 Å². The van der Waals surface area contributed by atoms with Crippen molar-refractivity contribution in [2.45, 2.75) is 24.7 Å². The van der Waals surface area contributed by atoms with Gasteiger partial charge in [-0.2, -0.15) is 13.2 Å². The zero-order valence-corrected chi connectivity index (χ0v) is 19.8. The average Bonchev–Trinajstić information content (AvgIpc) is 3.08. The number of alkyl halides is 3. The number of halogens is 5. The smallest absolute Gasteiger partial charge is 0.339 e. The van der Waals surface area contributed by atoms with Gasteiger partial charge in [0.1, 0.15) is 11.6 Å². The maximum absolute atomic E-state index is 13.9. The van der Waals surface area contributed by atoms with Crippen LogP contribution in [0.4, 0.5) is 22.0 Å². The highest BCUT2D eigenvalue weighted by atomic mass is 19.4. The fourth-order valence-electron chi connectivity index (χ4n) is 4.70. The molecule has 2 fully saturated rings. The molecule has 0 radical (unpaired) electrons. The van der Waals surface area contributed by atoms with Gasteiger partial charge in [-0.3, -0.25) is 19.9 Å². The van der Waals surface area contributed by atoms with Gasteiger partial charge in [-0.25, -0.2) is 8.78 Å². The van der Waals surface area contributed by atoms with Crippen molar-refractivity contribution in [3.8, 4) is 0 Å². The molecule has 2 amide bonds. The molecule has 2 heterocycles. The van der Waals surface area contributed by atoms with Crippen LogP contribution in [0.1, 0.15) is 39.0 Å². The van der Waals surface area contributed by atoms with Crippen LogP contribution in [0.2, 0.25) is 0 Å².